The van der Waals surface area contributed by atoms with Crippen molar-refractivity contribution in [3.63, 3.8) is 0 Å². The first-order valence-corrected chi connectivity index (χ1v) is 9.26. The van der Waals surface area contributed by atoms with E-state index >= 15 is 0 Å². The fraction of sp³-hybridized carbons (Fsp3) is 0.227. The van der Waals surface area contributed by atoms with Crippen LogP contribution in [0, 0.1) is 20.8 Å². The Morgan fingerprint density at radius 3 is 2.57 bits per heavy atom. The third kappa shape index (κ3) is 2.78. The van der Waals surface area contributed by atoms with Crippen molar-refractivity contribution in [2.45, 2.75) is 34.2 Å². The number of aromatic nitrogens is 4. The first-order chi connectivity index (χ1) is 13.4. The van der Waals surface area contributed by atoms with E-state index in [1.165, 1.54) is 5.56 Å². The molecule has 28 heavy (non-hydrogen) atoms. The summed E-state index contributed by atoms with van der Waals surface area (Å²) in [6.45, 7) is 8.92. The highest BCUT2D eigenvalue weighted by molar-refractivity contribution is 5.93. The standard InChI is InChI=1S/C22H22N4O2/c1-5-25-19-9-7-16(22(27)28)11-17(19)24-21(25)20-12-23-15(4)26(20)18-8-6-13(2)10-14(18)3/h6-12H,5H2,1-4H3,(H,27,28). The smallest absolute Gasteiger partial charge is 0.335 e. The lowest BCUT2D eigenvalue weighted by Crippen LogP contribution is -2.06. The summed E-state index contributed by atoms with van der Waals surface area (Å²) >= 11 is 0. The number of rotatable bonds is 4. The molecule has 0 spiro atoms. The number of carboxylic acid groups (broad SMARTS) is 1. The van der Waals surface area contributed by atoms with E-state index in [0.29, 0.717) is 5.52 Å². The first-order valence-electron chi connectivity index (χ1n) is 9.26. The summed E-state index contributed by atoms with van der Waals surface area (Å²) in [7, 11) is 0. The van der Waals surface area contributed by atoms with Gasteiger partial charge in [0, 0.05) is 6.54 Å². The minimum Gasteiger partial charge on any atom is -0.478 e. The summed E-state index contributed by atoms with van der Waals surface area (Å²) < 4.78 is 4.21. The van der Waals surface area contributed by atoms with Gasteiger partial charge in [0.1, 0.15) is 11.5 Å². The molecular formula is C22H22N4O2. The Hall–Kier alpha value is -3.41. The van der Waals surface area contributed by atoms with Crippen molar-refractivity contribution in [2.75, 3.05) is 0 Å². The molecule has 0 fully saturated rings. The van der Waals surface area contributed by atoms with Crippen LogP contribution in [0.1, 0.15) is 34.2 Å². The van der Waals surface area contributed by atoms with Gasteiger partial charge in [0.15, 0.2) is 5.82 Å². The molecule has 4 rings (SSSR count). The van der Waals surface area contributed by atoms with Gasteiger partial charge in [-0.3, -0.25) is 4.57 Å². The molecule has 0 atom stereocenters. The lowest BCUT2D eigenvalue weighted by Gasteiger charge is -2.14. The summed E-state index contributed by atoms with van der Waals surface area (Å²) in [6.07, 6.45) is 1.83. The van der Waals surface area contributed by atoms with E-state index < -0.39 is 5.97 Å². The summed E-state index contributed by atoms with van der Waals surface area (Å²) in [5, 5.41) is 9.29. The SMILES string of the molecule is CCn1c(-c2cnc(C)n2-c2ccc(C)cc2C)nc2cc(C(=O)O)ccc21. The van der Waals surface area contributed by atoms with Gasteiger partial charge in [0.2, 0.25) is 0 Å². The minimum atomic E-state index is -0.953. The van der Waals surface area contributed by atoms with Gasteiger partial charge in [-0.25, -0.2) is 14.8 Å². The average Bonchev–Trinajstić information content (AvgIpc) is 3.21. The van der Waals surface area contributed by atoms with Crippen LogP contribution in [0.25, 0.3) is 28.2 Å². The van der Waals surface area contributed by atoms with Crippen molar-refractivity contribution in [1.82, 2.24) is 19.1 Å². The second-order valence-electron chi connectivity index (χ2n) is 7.00. The third-order valence-electron chi connectivity index (χ3n) is 5.07. The molecule has 0 unspecified atom stereocenters. The summed E-state index contributed by atoms with van der Waals surface area (Å²) in [4.78, 5) is 20.7. The fourth-order valence-electron chi connectivity index (χ4n) is 3.74. The third-order valence-corrected chi connectivity index (χ3v) is 5.07. The van der Waals surface area contributed by atoms with Crippen molar-refractivity contribution < 1.29 is 9.90 Å². The van der Waals surface area contributed by atoms with E-state index in [9.17, 15) is 9.90 Å². The minimum absolute atomic E-state index is 0.235. The van der Waals surface area contributed by atoms with Crippen molar-refractivity contribution in [3.8, 4) is 17.2 Å². The number of hydrogen-bond donors (Lipinski definition) is 1. The van der Waals surface area contributed by atoms with Crippen LogP contribution in [0.4, 0.5) is 0 Å². The molecule has 0 aliphatic heterocycles. The van der Waals surface area contributed by atoms with Gasteiger partial charge in [-0.2, -0.15) is 0 Å². The lowest BCUT2D eigenvalue weighted by molar-refractivity contribution is 0.0697. The number of carboxylic acids is 1. The Balaban J connectivity index is 1.97. The molecule has 2 heterocycles. The number of aryl methyl sites for hydroxylation is 4. The second kappa shape index (κ2) is 6.64. The molecule has 2 aromatic heterocycles. The van der Waals surface area contributed by atoms with Crippen LogP contribution >= 0.6 is 0 Å². The van der Waals surface area contributed by atoms with Crippen LogP contribution in [0.5, 0.6) is 0 Å². The molecule has 0 saturated heterocycles. The van der Waals surface area contributed by atoms with Crippen LogP contribution in [0.2, 0.25) is 0 Å². The maximum absolute atomic E-state index is 11.3. The zero-order valence-corrected chi connectivity index (χ0v) is 16.4. The number of fused-ring (bicyclic) bond motifs is 1. The van der Waals surface area contributed by atoms with Crippen LogP contribution in [-0.4, -0.2) is 30.2 Å². The summed E-state index contributed by atoms with van der Waals surface area (Å²) in [5.41, 5.74) is 6.14. The molecule has 0 aliphatic carbocycles. The predicted molar refractivity (Wildman–Crippen MR) is 109 cm³/mol. The molecule has 0 saturated carbocycles. The predicted octanol–water partition coefficient (Wildman–Crippen LogP) is 4.53. The average molecular weight is 374 g/mol. The highest BCUT2D eigenvalue weighted by Crippen LogP contribution is 2.30. The topological polar surface area (TPSA) is 72.9 Å². The highest BCUT2D eigenvalue weighted by atomic mass is 16.4. The molecule has 2 aromatic carbocycles. The van der Waals surface area contributed by atoms with E-state index in [2.05, 4.69) is 53.1 Å². The molecular weight excluding hydrogens is 352 g/mol. The molecule has 0 radical (unpaired) electrons. The largest absolute Gasteiger partial charge is 0.478 e. The van der Waals surface area contributed by atoms with Crippen molar-refractivity contribution in [3.05, 3.63) is 65.1 Å². The van der Waals surface area contributed by atoms with Crippen molar-refractivity contribution in [1.29, 1.82) is 0 Å². The molecule has 0 bridgehead atoms. The first kappa shape index (κ1) is 18.0. The van der Waals surface area contributed by atoms with E-state index in [0.717, 1.165) is 40.7 Å². The van der Waals surface area contributed by atoms with Gasteiger partial charge < -0.3 is 9.67 Å². The quantitative estimate of drug-likeness (QED) is 0.569. The maximum atomic E-state index is 11.3. The zero-order chi connectivity index (χ0) is 20.0. The van der Waals surface area contributed by atoms with Gasteiger partial charge >= 0.3 is 5.97 Å². The van der Waals surface area contributed by atoms with E-state index in [1.807, 2.05) is 19.2 Å². The summed E-state index contributed by atoms with van der Waals surface area (Å²) in [6, 6.07) is 11.4. The molecule has 6 heteroatoms. The Bertz CT molecular complexity index is 1220. The van der Waals surface area contributed by atoms with Crippen LogP contribution in [0.15, 0.2) is 42.6 Å². The number of nitrogens with zero attached hydrogens (tertiary/aromatic N) is 4. The number of benzene rings is 2. The Morgan fingerprint density at radius 1 is 1.11 bits per heavy atom. The normalized spacial score (nSPS) is 11.3. The zero-order valence-electron chi connectivity index (χ0n) is 16.4. The number of aromatic carboxylic acids is 1. The molecule has 0 aliphatic rings. The van der Waals surface area contributed by atoms with Crippen molar-refractivity contribution >= 4 is 17.0 Å². The molecule has 6 nitrogen and oxygen atoms in total. The lowest BCUT2D eigenvalue weighted by atomic mass is 10.1. The molecule has 1 N–H and O–H groups in total. The molecule has 4 aromatic rings. The summed E-state index contributed by atoms with van der Waals surface area (Å²) in [5.74, 6) is 0.703. The second-order valence-corrected chi connectivity index (χ2v) is 7.00. The molecule has 142 valence electrons. The van der Waals surface area contributed by atoms with E-state index in [1.54, 1.807) is 12.1 Å². The Kier molecular flexibility index (Phi) is 4.26. The van der Waals surface area contributed by atoms with Gasteiger partial charge in [0.25, 0.3) is 0 Å². The van der Waals surface area contributed by atoms with E-state index in [-0.39, 0.29) is 5.56 Å². The van der Waals surface area contributed by atoms with Gasteiger partial charge in [0.05, 0.1) is 28.5 Å². The van der Waals surface area contributed by atoms with Crippen LogP contribution in [0.3, 0.4) is 0 Å². The monoisotopic (exact) mass is 374 g/mol. The highest BCUT2D eigenvalue weighted by Gasteiger charge is 2.19. The Labute approximate surface area is 163 Å². The number of hydrogen-bond acceptors (Lipinski definition) is 3. The maximum Gasteiger partial charge on any atom is 0.335 e. The van der Waals surface area contributed by atoms with E-state index in [4.69, 9.17) is 4.98 Å². The van der Waals surface area contributed by atoms with Crippen LogP contribution in [-0.2, 0) is 6.54 Å². The molecule has 0 amide bonds. The van der Waals surface area contributed by atoms with Crippen LogP contribution < -0.4 is 0 Å². The van der Waals surface area contributed by atoms with Crippen molar-refractivity contribution in [2.24, 2.45) is 0 Å². The fourth-order valence-corrected chi connectivity index (χ4v) is 3.74. The number of imidazole rings is 2. The van der Waals surface area contributed by atoms with Gasteiger partial charge in [-0.05, 0) is 57.5 Å². The van der Waals surface area contributed by atoms with Gasteiger partial charge in [-0.15, -0.1) is 0 Å². The number of carbonyl (C=O) groups is 1. The van der Waals surface area contributed by atoms with Gasteiger partial charge in [-0.1, -0.05) is 17.7 Å². The Morgan fingerprint density at radius 2 is 1.89 bits per heavy atom.